The van der Waals surface area contributed by atoms with Gasteiger partial charge in [-0.2, -0.15) is 0 Å². The molecule has 0 N–H and O–H groups in total. The molecule has 0 aliphatic carbocycles. The molecule has 0 radical (unpaired) electrons. The molecule has 0 atom stereocenters. The lowest BCUT2D eigenvalue weighted by Gasteiger charge is -2.35. The Morgan fingerprint density at radius 2 is 1.30 bits per heavy atom. The van der Waals surface area contributed by atoms with Crippen LogP contribution in [-0.2, 0) is 4.79 Å². The van der Waals surface area contributed by atoms with Crippen molar-refractivity contribution in [1.29, 1.82) is 0 Å². The summed E-state index contributed by atoms with van der Waals surface area (Å²) in [7, 11) is 2.15. The highest BCUT2D eigenvalue weighted by Crippen LogP contribution is 2.42. The number of carbonyl (C=O) groups is 1. The number of carbonyl (C=O) groups excluding carboxylic acids is 1. The Bertz CT molecular complexity index is 1470. The number of hydrogen-bond donors (Lipinski definition) is 0. The monoisotopic (exact) mass is 636 g/mol. The molecule has 5 nitrogen and oxygen atoms in total. The summed E-state index contributed by atoms with van der Waals surface area (Å²) in [4.78, 5) is 25.4. The molecular formula is C40H49ClN4O. The van der Waals surface area contributed by atoms with E-state index in [1.807, 2.05) is 41.3 Å². The molecule has 2 aromatic carbocycles. The average molecular weight is 637 g/mol. The Hall–Kier alpha value is -3.93. The van der Waals surface area contributed by atoms with Crippen molar-refractivity contribution in [2.45, 2.75) is 58.3 Å². The molecule has 0 unspecified atom stereocenters. The zero-order valence-electron chi connectivity index (χ0n) is 27.5. The second-order valence-electron chi connectivity index (χ2n) is 11.6. The standard InChI is InChI=1S/C40H49ClN4O/c1-3-4-5-6-7-8-9-10-11-12-13-14-15-16-17-18-19-20-21-26-39(46)45-37-25-23-22-24-35(37)40(44-31-29-43(2)30-32-44)42-36-33-34(41)27-28-38(36)45/h4-5,7-8,10-11,13-14,16-17,19-20,22-25,27-28,33H,3,6,9,12,15,18,21,26,29-32H2,1-2H3/b5-4-,8-7-,11-10-,14-13-,17-16-,20-19-. The van der Waals surface area contributed by atoms with Crippen LogP contribution < -0.4 is 4.90 Å². The molecule has 0 aromatic heterocycles. The molecule has 2 aliphatic rings. The summed E-state index contributed by atoms with van der Waals surface area (Å²) in [6, 6.07) is 13.7. The van der Waals surface area contributed by atoms with Crippen molar-refractivity contribution < 1.29 is 4.79 Å². The second-order valence-corrected chi connectivity index (χ2v) is 12.0. The molecule has 242 valence electrons. The maximum atomic E-state index is 13.8. The van der Waals surface area contributed by atoms with Gasteiger partial charge >= 0.3 is 0 Å². The summed E-state index contributed by atoms with van der Waals surface area (Å²) in [5.41, 5.74) is 3.34. The zero-order chi connectivity index (χ0) is 32.4. The first-order chi connectivity index (χ1) is 22.6. The van der Waals surface area contributed by atoms with Gasteiger partial charge in [-0.05, 0) is 82.3 Å². The third kappa shape index (κ3) is 10.9. The largest absolute Gasteiger partial charge is 0.353 e. The van der Waals surface area contributed by atoms with Gasteiger partial charge in [-0.3, -0.25) is 9.69 Å². The van der Waals surface area contributed by atoms with E-state index in [9.17, 15) is 4.79 Å². The molecule has 2 aromatic rings. The summed E-state index contributed by atoms with van der Waals surface area (Å²) in [5.74, 6) is 0.949. The Morgan fingerprint density at radius 1 is 0.739 bits per heavy atom. The Kier molecular flexibility index (Phi) is 14.9. The molecule has 1 amide bonds. The lowest BCUT2D eigenvalue weighted by Crippen LogP contribution is -2.47. The molecule has 1 saturated heterocycles. The van der Waals surface area contributed by atoms with Crippen molar-refractivity contribution in [2.75, 3.05) is 38.1 Å². The summed E-state index contributed by atoms with van der Waals surface area (Å²) in [6.45, 7) is 5.87. The van der Waals surface area contributed by atoms with Crippen LogP contribution in [0.15, 0.2) is 120 Å². The van der Waals surface area contributed by atoms with E-state index >= 15 is 0 Å². The predicted molar refractivity (Wildman–Crippen MR) is 198 cm³/mol. The number of para-hydroxylation sites is 1. The van der Waals surface area contributed by atoms with Crippen LogP contribution in [0.5, 0.6) is 0 Å². The van der Waals surface area contributed by atoms with E-state index in [1.165, 1.54) is 0 Å². The van der Waals surface area contributed by atoms with Gasteiger partial charge in [0, 0.05) is 43.2 Å². The summed E-state index contributed by atoms with van der Waals surface area (Å²) in [6.07, 6.45) is 33.3. The van der Waals surface area contributed by atoms with Crippen LogP contribution >= 0.6 is 11.6 Å². The minimum atomic E-state index is 0.0466. The maximum absolute atomic E-state index is 13.8. The number of hydrogen-bond acceptors (Lipinski definition) is 4. The van der Waals surface area contributed by atoms with Crippen molar-refractivity contribution in [3.8, 4) is 0 Å². The summed E-state index contributed by atoms with van der Waals surface area (Å²) >= 11 is 6.43. The topological polar surface area (TPSA) is 39.2 Å². The minimum Gasteiger partial charge on any atom is -0.353 e. The van der Waals surface area contributed by atoms with E-state index < -0.39 is 0 Å². The number of amidine groups is 1. The fraction of sp³-hybridized carbons (Fsp3) is 0.350. The number of likely N-dealkylation sites (N-methyl/N-ethyl adjacent to an activating group) is 1. The smallest absolute Gasteiger partial charge is 0.231 e. The van der Waals surface area contributed by atoms with Crippen molar-refractivity contribution in [3.63, 3.8) is 0 Å². The van der Waals surface area contributed by atoms with Crippen LogP contribution in [-0.4, -0.2) is 54.8 Å². The van der Waals surface area contributed by atoms with E-state index in [-0.39, 0.29) is 5.91 Å². The first-order valence-corrected chi connectivity index (χ1v) is 17.1. The first kappa shape index (κ1) is 34.9. The van der Waals surface area contributed by atoms with Gasteiger partial charge in [-0.15, -0.1) is 0 Å². The van der Waals surface area contributed by atoms with E-state index in [2.05, 4.69) is 103 Å². The highest BCUT2D eigenvalue weighted by atomic mass is 35.5. The van der Waals surface area contributed by atoms with Crippen LogP contribution in [0.25, 0.3) is 0 Å². The summed E-state index contributed by atoms with van der Waals surface area (Å²) < 4.78 is 0. The van der Waals surface area contributed by atoms with E-state index in [1.54, 1.807) is 0 Å². The van der Waals surface area contributed by atoms with Gasteiger partial charge in [-0.25, -0.2) is 4.99 Å². The molecule has 2 aliphatic heterocycles. The molecular weight excluding hydrogens is 588 g/mol. The molecule has 4 rings (SSSR count). The minimum absolute atomic E-state index is 0.0466. The molecule has 1 fully saturated rings. The fourth-order valence-corrected chi connectivity index (χ4v) is 5.59. The number of anilines is 2. The number of piperazine rings is 1. The van der Waals surface area contributed by atoms with Gasteiger partial charge in [0.25, 0.3) is 0 Å². The molecule has 46 heavy (non-hydrogen) atoms. The van der Waals surface area contributed by atoms with E-state index in [0.717, 1.165) is 93.2 Å². The number of benzene rings is 2. The second kappa shape index (κ2) is 19.6. The van der Waals surface area contributed by atoms with Crippen LogP contribution in [0.1, 0.15) is 63.9 Å². The fourth-order valence-electron chi connectivity index (χ4n) is 5.42. The van der Waals surface area contributed by atoms with Crippen LogP contribution in [0, 0.1) is 0 Å². The van der Waals surface area contributed by atoms with E-state index in [4.69, 9.17) is 16.6 Å². The third-order valence-corrected chi connectivity index (χ3v) is 8.20. The number of aliphatic imine (C=N–C) groups is 1. The molecule has 0 bridgehead atoms. The van der Waals surface area contributed by atoms with Crippen molar-refractivity contribution in [2.24, 2.45) is 4.99 Å². The van der Waals surface area contributed by atoms with Crippen molar-refractivity contribution >= 4 is 40.4 Å². The molecule has 0 spiro atoms. The van der Waals surface area contributed by atoms with Gasteiger partial charge in [0.15, 0.2) is 0 Å². The number of allylic oxidation sites excluding steroid dienone is 12. The lowest BCUT2D eigenvalue weighted by atomic mass is 10.1. The Morgan fingerprint density at radius 3 is 1.91 bits per heavy atom. The normalized spacial score (nSPS) is 16.0. The van der Waals surface area contributed by atoms with Crippen LogP contribution in [0.2, 0.25) is 5.02 Å². The number of nitrogens with zero attached hydrogens (tertiary/aromatic N) is 4. The van der Waals surface area contributed by atoms with E-state index in [0.29, 0.717) is 17.9 Å². The van der Waals surface area contributed by atoms with Gasteiger partial charge < -0.3 is 9.80 Å². The van der Waals surface area contributed by atoms with Crippen LogP contribution in [0.4, 0.5) is 17.1 Å². The average Bonchev–Trinajstić information content (AvgIpc) is 3.20. The SMILES string of the molecule is CC/C=C\C/C=C\C/C=C\C/C=C\C/C=C\C/C=C\CCC(=O)N1c2ccc(Cl)cc2N=C(N2CCN(C)CC2)c2ccccc21. The van der Waals surface area contributed by atoms with Crippen molar-refractivity contribution in [1.82, 2.24) is 9.80 Å². The predicted octanol–water partition coefficient (Wildman–Crippen LogP) is 10.1. The quantitative estimate of drug-likeness (QED) is 0.194. The number of amides is 1. The lowest BCUT2D eigenvalue weighted by molar-refractivity contribution is -0.117. The zero-order valence-corrected chi connectivity index (χ0v) is 28.3. The van der Waals surface area contributed by atoms with Gasteiger partial charge in [0.2, 0.25) is 5.91 Å². The van der Waals surface area contributed by atoms with Gasteiger partial charge in [0.1, 0.15) is 5.84 Å². The first-order valence-electron chi connectivity index (χ1n) is 16.7. The van der Waals surface area contributed by atoms with Crippen LogP contribution in [0.3, 0.4) is 0 Å². The highest BCUT2D eigenvalue weighted by Gasteiger charge is 2.30. The Labute approximate surface area is 281 Å². The number of halogens is 1. The van der Waals surface area contributed by atoms with Crippen molar-refractivity contribution in [3.05, 3.63) is 126 Å². The number of fused-ring (bicyclic) bond motifs is 2. The maximum Gasteiger partial charge on any atom is 0.231 e. The molecule has 2 heterocycles. The number of rotatable bonds is 14. The molecule has 6 heteroatoms. The third-order valence-electron chi connectivity index (χ3n) is 7.96. The summed E-state index contributed by atoms with van der Waals surface area (Å²) in [5, 5.41) is 0.608. The van der Waals surface area contributed by atoms with Gasteiger partial charge in [-0.1, -0.05) is 104 Å². The highest BCUT2D eigenvalue weighted by molar-refractivity contribution is 6.31. The Balaban J connectivity index is 1.27. The molecule has 0 saturated carbocycles. The van der Waals surface area contributed by atoms with Gasteiger partial charge in [0.05, 0.1) is 17.1 Å².